The zero-order valence-electron chi connectivity index (χ0n) is 12.8. The van der Waals surface area contributed by atoms with E-state index >= 15 is 0 Å². The van der Waals surface area contributed by atoms with Crippen LogP contribution in [-0.4, -0.2) is 22.4 Å². The number of nitrogens with zero attached hydrogens (tertiary/aromatic N) is 1. The summed E-state index contributed by atoms with van der Waals surface area (Å²) in [7, 11) is 0. The summed E-state index contributed by atoms with van der Waals surface area (Å²) < 4.78 is 13.4. The van der Waals surface area contributed by atoms with E-state index in [9.17, 15) is 9.18 Å². The summed E-state index contributed by atoms with van der Waals surface area (Å²) in [5.74, 6) is -0.470. The topological polar surface area (TPSA) is 83.8 Å². The first-order valence-corrected chi connectivity index (χ1v) is 7.64. The first kappa shape index (κ1) is 14.4. The van der Waals surface area contributed by atoms with Gasteiger partial charge in [0.1, 0.15) is 5.82 Å². The Bertz CT molecular complexity index is 948. The molecule has 0 aliphatic carbocycles. The Kier molecular flexibility index (Phi) is 3.30. The van der Waals surface area contributed by atoms with E-state index in [4.69, 9.17) is 5.73 Å². The van der Waals surface area contributed by atoms with Gasteiger partial charge in [0.15, 0.2) is 0 Å². The molecule has 2 aromatic heterocycles. The number of fused-ring (bicyclic) bond motifs is 1. The summed E-state index contributed by atoms with van der Waals surface area (Å²) >= 11 is 0. The molecule has 120 valence electrons. The van der Waals surface area contributed by atoms with Crippen LogP contribution >= 0.6 is 0 Å². The Morgan fingerprint density at radius 2 is 2.04 bits per heavy atom. The Morgan fingerprint density at radius 1 is 1.17 bits per heavy atom. The molecule has 0 radical (unpaired) electrons. The molecule has 0 unspecified atom stereocenters. The van der Waals surface area contributed by atoms with Gasteiger partial charge in [-0.2, -0.15) is 0 Å². The van der Waals surface area contributed by atoms with Crippen molar-refractivity contribution in [3.63, 3.8) is 0 Å². The number of hydrogen-bond donors (Lipinski definition) is 3. The van der Waals surface area contributed by atoms with Crippen molar-refractivity contribution in [1.82, 2.24) is 15.3 Å². The zero-order chi connectivity index (χ0) is 16.7. The van der Waals surface area contributed by atoms with Gasteiger partial charge in [-0.25, -0.2) is 4.39 Å². The maximum atomic E-state index is 13.4. The Hall–Kier alpha value is -3.15. The minimum atomic E-state index is -0.314. The van der Waals surface area contributed by atoms with Gasteiger partial charge in [-0.1, -0.05) is 12.1 Å². The molecule has 3 aromatic rings. The molecular weight excluding hydrogens is 307 g/mol. The summed E-state index contributed by atoms with van der Waals surface area (Å²) in [4.78, 5) is 19.6. The second-order valence-corrected chi connectivity index (χ2v) is 5.71. The van der Waals surface area contributed by atoms with E-state index < -0.39 is 0 Å². The number of pyridine rings is 1. The Morgan fingerprint density at radius 3 is 2.83 bits per heavy atom. The lowest BCUT2D eigenvalue weighted by Gasteiger charge is -2.12. The minimum absolute atomic E-state index is 0.157. The molecule has 0 fully saturated rings. The van der Waals surface area contributed by atoms with Crippen LogP contribution < -0.4 is 11.1 Å². The van der Waals surface area contributed by atoms with Crippen LogP contribution in [0.3, 0.4) is 0 Å². The lowest BCUT2D eigenvalue weighted by atomic mass is 10.0. The molecule has 1 amide bonds. The summed E-state index contributed by atoms with van der Waals surface area (Å²) in [5, 5.41) is 2.79. The van der Waals surface area contributed by atoms with Gasteiger partial charge < -0.3 is 16.0 Å². The van der Waals surface area contributed by atoms with Crippen LogP contribution in [-0.2, 0) is 6.42 Å². The lowest BCUT2D eigenvalue weighted by Crippen LogP contribution is -2.31. The molecule has 0 bridgehead atoms. The molecule has 5 nitrogen and oxygen atoms in total. The van der Waals surface area contributed by atoms with Crippen molar-refractivity contribution in [2.45, 2.75) is 6.42 Å². The molecule has 0 saturated heterocycles. The van der Waals surface area contributed by atoms with E-state index in [1.54, 1.807) is 18.3 Å². The number of benzene rings is 1. The number of carbonyl (C=O) groups is 1. The molecule has 24 heavy (non-hydrogen) atoms. The summed E-state index contributed by atoms with van der Waals surface area (Å²) in [6.07, 6.45) is 2.36. The quantitative estimate of drug-likeness (QED) is 0.678. The van der Waals surface area contributed by atoms with Gasteiger partial charge in [0.05, 0.1) is 22.6 Å². The summed E-state index contributed by atoms with van der Waals surface area (Å²) in [5.41, 5.74) is 10.8. The number of halogens is 1. The van der Waals surface area contributed by atoms with Crippen molar-refractivity contribution < 1.29 is 9.18 Å². The molecule has 0 spiro atoms. The maximum Gasteiger partial charge on any atom is 0.255 e. The molecule has 1 aliphatic rings. The van der Waals surface area contributed by atoms with Crippen LogP contribution in [0.4, 0.5) is 10.1 Å². The third-order valence-corrected chi connectivity index (χ3v) is 4.17. The second kappa shape index (κ2) is 5.49. The number of aromatic amines is 1. The molecule has 0 saturated carbocycles. The molecule has 6 heteroatoms. The molecule has 1 aromatic carbocycles. The van der Waals surface area contributed by atoms with Crippen LogP contribution in [0.5, 0.6) is 0 Å². The average Bonchev–Trinajstić information content (AvgIpc) is 2.93. The van der Waals surface area contributed by atoms with Crippen molar-refractivity contribution in [3.8, 4) is 22.5 Å². The predicted octanol–water partition coefficient (Wildman–Crippen LogP) is 2.75. The van der Waals surface area contributed by atoms with Gasteiger partial charge in [0, 0.05) is 36.0 Å². The predicted molar refractivity (Wildman–Crippen MR) is 89.9 cm³/mol. The van der Waals surface area contributed by atoms with Crippen molar-refractivity contribution >= 4 is 11.6 Å². The average molecular weight is 322 g/mol. The van der Waals surface area contributed by atoms with Crippen LogP contribution in [0.2, 0.25) is 0 Å². The van der Waals surface area contributed by atoms with Gasteiger partial charge in [-0.3, -0.25) is 9.78 Å². The van der Waals surface area contributed by atoms with Gasteiger partial charge >= 0.3 is 0 Å². The molecule has 0 atom stereocenters. The number of nitrogen functional groups attached to an aromatic ring is 1. The Labute approximate surface area is 137 Å². The molecule has 1 aliphatic heterocycles. The highest BCUT2D eigenvalue weighted by Crippen LogP contribution is 2.33. The fraction of sp³-hybridized carbons (Fsp3) is 0.111. The highest BCUT2D eigenvalue weighted by Gasteiger charge is 2.25. The number of H-pyrrole nitrogens is 1. The third kappa shape index (κ3) is 2.32. The van der Waals surface area contributed by atoms with Crippen LogP contribution in [0, 0.1) is 5.82 Å². The van der Waals surface area contributed by atoms with E-state index in [1.807, 2.05) is 12.1 Å². The van der Waals surface area contributed by atoms with E-state index in [0.29, 0.717) is 41.2 Å². The number of anilines is 1. The number of carbonyl (C=O) groups excluding carboxylic acids is 1. The SMILES string of the molecule is Nc1c(-c2ccnc(-c3cccc(F)c3)c2)[nH]c2c1C(=O)NCC2. The van der Waals surface area contributed by atoms with Crippen LogP contribution in [0.25, 0.3) is 22.5 Å². The van der Waals surface area contributed by atoms with Crippen molar-refractivity contribution in [2.24, 2.45) is 0 Å². The van der Waals surface area contributed by atoms with E-state index in [0.717, 1.165) is 11.3 Å². The molecule has 3 heterocycles. The second-order valence-electron chi connectivity index (χ2n) is 5.71. The van der Waals surface area contributed by atoms with Crippen LogP contribution in [0.1, 0.15) is 16.1 Å². The van der Waals surface area contributed by atoms with Gasteiger partial charge in [0.25, 0.3) is 5.91 Å². The lowest BCUT2D eigenvalue weighted by molar-refractivity contribution is 0.0947. The molecule has 4 rings (SSSR count). The highest BCUT2D eigenvalue weighted by atomic mass is 19.1. The van der Waals surface area contributed by atoms with Crippen molar-refractivity contribution in [3.05, 3.63) is 59.7 Å². The number of rotatable bonds is 2. The summed E-state index contributed by atoms with van der Waals surface area (Å²) in [6.45, 7) is 0.593. The van der Waals surface area contributed by atoms with Crippen molar-refractivity contribution in [2.75, 3.05) is 12.3 Å². The van der Waals surface area contributed by atoms with Gasteiger partial charge in [-0.15, -0.1) is 0 Å². The third-order valence-electron chi connectivity index (χ3n) is 4.17. The van der Waals surface area contributed by atoms with E-state index in [1.165, 1.54) is 12.1 Å². The zero-order valence-corrected chi connectivity index (χ0v) is 12.8. The standard InChI is InChI=1S/C18H15FN4O/c19-12-3-1-2-10(8-12)14-9-11(4-6-21-14)17-16(20)15-13(23-17)5-7-22-18(15)24/h1-4,6,8-9,23H,5,7,20H2,(H,22,24). The highest BCUT2D eigenvalue weighted by molar-refractivity contribution is 6.04. The fourth-order valence-corrected chi connectivity index (χ4v) is 3.02. The molecule has 4 N–H and O–H groups in total. The smallest absolute Gasteiger partial charge is 0.255 e. The number of amides is 1. The Balaban J connectivity index is 1.81. The number of nitrogens with two attached hydrogens (primary N) is 1. The van der Waals surface area contributed by atoms with Gasteiger partial charge in [-0.05, 0) is 24.3 Å². The molecular formula is C18H15FN4O. The first-order chi connectivity index (χ1) is 11.6. The van der Waals surface area contributed by atoms with Crippen molar-refractivity contribution in [1.29, 1.82) is 0 Å². The fourth-order valence-electron chi connectivity index (χ4n) is 3.02. The number of hydrogen-bond acceptors (Lipinski definition) is 3. The van der Waals surface area contributed by atoms with E-state index in [2.05, 4.69) is 15.3 Å². The monoisotopic (exact) mass is 322 g/mol. The largest absolute Gasteiger partial charge is 0.396 e. The number of nitrogens with one attached hydrogen (secondary N) is 2. The van der Waals surface area contributed by atoms with Gasteiger partial charge in [0.2, 0.25) is 0 Å². The van der Waals surface area contributed by atoms with Crippen LogP contribution in [0.15, 0.2) is 42.6 Å². The van der Waals surface area contributed by atoms with E-state index in [-0.39, 0.29) is 11.7 Å². The number of aromatic nitrogens is 2. The maximum absolute atomic E-state index is 13.4. The summed E-state index contributed by atoms with van der Waals surface area (Å²) in [6, 6.07) is 9.91. The first-order valence-electron chi connectivity index (χ1n) is 7.64. The minimum Gasteiger partial charge on any atom is -0.396 e. The normalized spacial score (nSPS) is 13.5.